The van der Waals surface area contributed by atoms with Gasteiger partial charge in [0.1, 0.15) is 6.04 Å². The first kappa shape index (κ1) is 19.1. The molecule has 3 N–H and O–H groups in total. The predicted octanol–water partition coefficient (Wildman–Crippen LogP) is 0.941. The normalized spacial score (nSPS) is 20.1. The van der Waals surface area contributed by atoms with Gasteiger partial charge in [-0.05, 0) is 49.2 Å². The zero-order valence-electron chi connectivity index (χ0n) is 14.7. The minimum atomic E-state index is -4.37. The molecule has 2 aliphatic rings. The van der Waals surface area contributed by atoms with E-state index in [1.165, 1.54) is 10.5 Å². The zero-order valence-corrected chi connectivity index (χ0v) is 14.7. The third-order valence-corrected chi connectivity index (χ3v) is 5.04. The second-order valence-corrected chi connectivity index (χ2v) is 6.79. The Morgan fingerprint density at radius 3 is 2.42 bits per heavy atom. The van der Waals surface area contributed by atoms with E-state index in [0.29, 0.717) is 31.7 Å². The molecule has 0 unspecified atom stereocenters. The lowest BCUT2D eigenvalue weighted by Gasteiger charge is -2.35. The number of fused-ring (bicyclic) bond motifs is 1. The number of nitrogens with one attached hydrogen (secondary N) is 3. The van der Waals surface area contributed by atoms with E-state index in [4.69, 9.17) is 0 Å². The molecule has 0 saturated carbocycles. The topological polar surface area (TPSA) is 56.4 Å². The zero-order chi connectivity index (χ0) is 18.6. The standard InChI is InChI=1S/C18H25F3N4O/c19-18(20,21)16(25-9-7-23-8-10-25)12-24-17(26)15-2-1-13-3-5-22-6-4-14(13)11-15/h1-2,11,16,22-23H,3-10,12H2,(H,24,26)/t16-/m0/s1. The minimum absolute atomic E-state index is 0.325. The van der Waals surface area contributed by atoms with Gasteiger partial charge in [-0.2, -0.15) is 13.2 Å². The number of nitrogens with zero attached hydrogens (tertiary/aromatic N) is 1. The van der Waals surface area contributed by atoms with Gasteiger partial charge in [0.2, 0.25) is 0 Å². The third-order valence-electron chi connectivity index (χ3n) is 5.04. The van der Waals surface area contributed by atoms with Gasteiger partial charge in [0, 0.05) is 38.3 Å². The van der Waals surface area contributed by atoms with Gasteiger partial charge in [0.15, 0.2) is 0 Å². The van der Waals surface area contributed by atoms with E-state index in [2.05, 4.69) is 16.0 Å². The number of amides is 1. The molecule has 1 saturated heterocycles. The van der Waals surface area contributed by atoms with Crippen LogP contribution in [0.25, 0.3) is 0 Å². The second-order valence-electron chi connectivity index (χ2n) is 6.79. The fraction of sp³-hybridized carbons (Fsp3) is 0.611. The molecule has 0 aromatic heterocycles. The van der Waals surface area contributed by atoms with Crippen molar-refractivity contribution in [1.29, 1.82) is 0 Å². The van der Waals surface area contributed by atoms with Crippen LogP contribution in [0, 0.1) is 0 Å². The lowest BCUT2D eigenvalue weighted by Crippen LogP contribution is -2.57. The van der Waals surface area contributed by atoms with Crippen molar-refractivity contribution in [2.24, 2.45) is 0 Å². The number of halogens is 3. The number of alkyl halides is 3. The predicted molar refractivity (Wildman–Crippen MR) is 93.3 cm³/mol. The number of carbonyl (C=O) groups is 1. The highest BCUT2D eigenvalue weighted by Crippen LogP contribution is 2.25. The summed E-state index contributed by atoms with van der Waals surface area (Å²) in [5.74, 6) is -0.450. The quantitative estimate of drug-likeness (QED) is 0.739. The van der Waals surface area contributed by atoms with Crippen LogP contribution in [0.3, 0.4) is 0 Å². The molecule has 0 radical (unpaired) electrons. The number of hydrogen-bond donors (Lipinski definition) is 3. The van der Waals surface area contributed by atoms with Gasteiger partial charge in [-0.1, -0.05) is 6.07 Å². The number of rotatable bonds is 4. The number of hydrogen-bond acceptors (Lipinski definition) is 4. The van der Waals surface area contributed by atoms with Gasteiger partial charge in [-0.15, -0.1) is 0 Å². The lowest BCUT2D eigenvalue weighted by molar-refractivity contribution is -0.183. The van der Waals surface area contributed by atoms with E-state index in [9.17, 15) is 18.0 Å². The highest BCUT2D eigenvalue weighted by Gasteiger charge is 2.43. The fourth-order valence-corrected chi connectivity index (χ4v) is 3.55. The van der Waals surface area contributed by atoms with Crippen molar-refractivity contribution >= 4 is 5.91 Å². The average molecular weight is 370 g/mol. The highest BCUT2D eigenvalue weighted by atomic mass is 19.4. The molecule has 3 rings (SSSR count). The molecule has 1 amide bonds. The Morgan fingerprint density at radius 1 is 1.08 bits per heavy atom. The van der Waals surface area contributed by atoms with Gasteiger partial charge in [0.25, 0.3) is 5.91 Å². The van der Waals surface area contributed by atoms with E-state index in [-0.39, 0.29) is 0 Å². The largest absolute Gasteiger partial charge is 0.405 e. The number of piperazine rings is 1. The molecule has 26 heavy (non-hydrogen) atoms. The first-order chi connectivity index (χ1) is 12.4. The third kappa shape index (κ3) is 4.75. The van der Waals surface area contributed by atoms with Gasteiger partial charge >= 0.3 is 6.18 Å². The monoisotopic (exact) mass is 370 g/mol. The van der Waals surface area contributed by atoms with Gasteiger partial charge in [-0.25, -0.2) is 0 Å². The van der Waals surface area contributed by atoms with E-state index in [1.807, 2.05) is 12.1 Å². The number of benzene rings is 1. The molecule has 1 atom stereocenters. The van der Waals surface area contributed by atoms with Crippen LogP contribution in [0.1, 0.15) is 21.5 Å². The molecular formula is C18H25F3N4O. The molecule has 0 spiro atoms. The van der Waals surface area contributed by atoms with Crippen LogP contribution in [-0.4, -0.2) is 68.8 Å². The van der Waals surface area contributed by atoms with Gasteiger partial charge < -0.3 is 16.0 Å². The van der Waals surface area contributed by atoms with Crippen molar-refractivity contribution in [2.75, 3.05) is 45.8 Å². The van der Waals surface area contributed by atoms with E-state index in [1.54, 1.807) is 6.07 Å². The van der Waals surface area contributed by atoms with Gasteiger partial charge in [0.05, 0.1) is 0 Å². The summed E-state index contributed by atoms with van der Waals surface area (Å²) in [5.41, 5.74) is 2.71. The van der Waals surface area contributed by atoms with Crippen molar-refractivity contribution in [3.63, 3.8) is 0 Å². The second kappa shape index (κ2) is 8.37. The molecule has 8 heteroatoms. The van der Waals surface area contributed by atoms with E-state index in [0.717, 1.165) is 31.5 Å². The Bertz CT molecular complexity index is 629. The van der Waals surface area contributed by atoms with Crippen LogP contribution in [0.2, 0.25) is 0 Å². The summed E-state index contributed by atoms with van der Waals surface area (Å²) in [6.45, 7) is 3.02. The number of carbonyl (C=O) groups excluding carboxylic acids is 1. The summed E-state index contributed by atoms with van der Waals surface area (Å²) in [6.07, 6.45) is -2.65. The average Bonchev–Trinajstić information content (AvgIpc) is 2.86. The smallest absolute Gasteiger partial charge is 0.350 e. The maximum absolute atomic E-state index is 13.4. The van der Waals surface area contributed by atoms with E-state index >= 15 is 0 Å². The summed E-state index contributed by atoms with van der Waals surface area (Å²) in [5, 5.41) is 8.83. The minimum Gasteiger partial charge on any atom is -0.350 e. The molecule has 1 fully saturated rings. The summed E-state index contributed by atoms with van der Waals surface area (Å²) in [6, 6.07) is 3.77. The summed E-state index contributed by atoms with van der Waals surface area (Å²) >= 11 is 0. The first-order valence-corrected chi connectivity index (χ1v) is 9.07. The highest BCUT2D eigenvalue weighted by molar-refractivity contribution is 5.94. The maximum atomic E-state index is 13.4. The van der Waals surface area contributed by atoms with E-state index < -0.39 is 24.7 Å². The van der Waals surface area contributed by atoms with Crippen LogP contribution in [0.5, 0.6) is 0 Å². The van der Waals surface area contributed by atoms with Gasteiger partial charge in [-0.3, -0.25) is 9.69 Å². The summed E-state index contributed by atoms with van der Waals surface area (Å²) in [4.78, 5) is 13.8. The van der Waals surface area contributed by atoms with Crippen molar-refractivity contribution in [1.82, 2.24) is 20.9 Å². The van der Waals surface area contributed by atoms with Crippen LogP contribution in [0.15, 0.2) is 18.2 Å². The lowest BCUT2D eigenvalue weighted by atomic mass is 10.00. The molecule has 144 valence electrons. The Balaban J connectivity index is 1.65. The molecule has 0 bridgehead atoms. The summed E-state index contributed by atoms with van der Waals surface area (Å²) in [7, 11) is 0. The Kier molecular flexibility index (Phi) is 6.16. The fourth-order valence-electron chi connectivity index (χ4n) is 3.55. The van der Waals surface area contributed by atoms with Crippen LogP contribution >= 0.6 is 0 Å². The first-order valence-electron chi connectivity index (χ1n) is 9.07. The Labute approximate surface area is 151 Å². The van der Waals surface area contributed by atoms with Crippen molar-refractivity contribution in [3.05, 3.63) is 34.9 Å². The Morgan fingerprint density at radius 2 is 1.73 bits per heavy atom. The molecule has 5 nitrogen and oxygen atoms in total. The van der Waals surface area contributed by atoms with Crippen molar-refractivity contribution in [3.8, 4) is 0 Å². The van der Waals surface area contributed by atoms with Crippen LogP contribution < -0.4 is 16.0 Å². The van der Waals surface area contributed by atoms with Crippen molar-refractivity contribution < 1.29 is 18.0 Å². The molecule has 2 heterocycles. The summed E-state index contributed by atoms with van der Waals surface area (Å²) < 4.78 is 40.2. The van der Waals surface area contributed by atoms with Crippen molar-refractivity contribution in [2.45, 2.75) is 25.1 Å². The van der Waals surface area contributed by atoms with Crippen LogP contribution in [-0.2, 0) is 12.8 Å². The molecular weight excluding hydrogens is 345 g/mol. The molecule has 0 aliphatic carbocycles. The molecule has 1 aromatic carbocycles. The van der Waals surface area contributed by atoms with Crippen LogP contribution in [0.4, 0.5) is 13.2 Å². The molecule has 2 aliphatic heterocycles. The maximum Gasteiger partial charge on any atom is 0.405 e. The Hall–Kier alpha value is -1.64. The SMILES string of the molecule is O=C(NC[C@H](N1CCNCC1)C(F)(F)F)c1ccc2c(c1)CCNCC2. The molecule has 1 aromatic rings.